The summed E-state index contributed by atoms with van der Waals surface area (Å²) in [6.45, 7) is 3.50. The van der Waals surface area contributed by atoms with Gasteiger partial charge in [0.1, 0.15) is 0 Å². The average molecular weight is 465 g/mol. The van der Waals surface area contributed by atoms with Crippen molar-refractivity contribution in [2.45, 2.75) is 32.4 Å². The second-order valence-corrected chi connectivity index (χ2v) is 7.80. The monoisotopic (exact) mass is 464 g/mol. The number of fused-ring (bicyclic) bond motifs is 1. The highest BCUT2D eigenvalue weighted by Crippen LogP contribution is 2.27. The van der Waals surface area contributed by atoms with E-state index in [4.69, 9.17) is 5.73 Å². The summed E-state index contributed by atoms with van der Waals surface area (Å²) in [4.78, 5) is 45.4. The molecule has 31 heavy (non-hydrogen) atoms. The highest BCUT2D eigenvalue weighted by Gasteiger charge is 2.36. The predicted molar refractivity (Wildman–Crippen MR) is 122 cm³/mol. The molecule has 4 rings (SSSR count). The van der Waals surface area contributed by atoms with Crippen LogP contribution in [0.1, 0.15) is 56.4 Å². The predicted octanol–water partition coefficient (Wildman–Crippen LogP) is 2.92. The standard InChI is InChI=1S/C22H24N4O3.2ClH/c1-14(23)16-6-10-25(11-7-16)20(27)17-2-3-18-19(12-17)22(29)26(21(18)28)13-15-4-8-24-9-5-15;;/h2-5,8-9,12,14,16H,6-7,10-11,13,23H2,1H3;2*1H. The van der Waals surface area contributed by atoms with Gasteiger partial charge in [-0.05, 0) is 61.6 Å². The van der Waals surface area contributed by atoms with E-state index < -0.39 is 0 Å². The van der Waals surface area contributed by atoms with Crippen LogP contribution >= 0.6 is 24.8 Å². The van der Waals surface area contributed by atoms with Crippen molar-refractivity contribution < 1.29 is 14.4 Å². The summed E-state index contributed by atoms with van der Waals surface area (Å²) in [5.41, 5.74) is 7.87. The van der Waals surface area contributed by atoms with Crippen molar-refractivity contribution >= 4 is 42.5 Å². The second kappa shape index (κ2) is 10.2. The molecule has 1 unspecified atom stereocenters. The first-order valence-corrected chi connectivity index (χ1v) is 9.89. The van der Waals surface area contributed by atoms with Crippen LogP contribution in [0.15, 0.2) is 42.7 Å². The maximum Gasteiger partial charge on any atom is 0.261 e. The number of benzene rings is 1. The molecular formula is C22H26Cl2N4O3. The molecule has 2 aliphatic rings. The third-order valence-electron chi connectivity index (χ3n) is 5.88. The number of pyridine rings is 1. The van der Waals surface area contributed by atoms with E-state index >= 15 is 0 Å². The van der Waals surface area contributed by atoms with Crippen LogP contribution in [-0.4, -0.2) is 51.6 Å². The Morgan fingerprint density at radius 1 is 1.06 bits per heavy atom. The zero-order valence-corrected chi connectivity index (χ0v) is 18.8. The molecule has 0 radical (unpaired) electrons. The third-order valence-corrected chi connectivity index (χ3v) is 5.88. The van der Waals surface area contributed by atoms with Gasteiger partial charge in [-0.3, -0.25) is 24.3 Å². The highest BCUT2D eigenvalue weighted by molar-refractivity contribution is 6.22. The van der Waals surface area contributed by atoms with Gasteiger partial charge in [0.2, 0.25) is 0 Å². The smallest absolute Gasteiger partial charge is 0.261 e. The Labute approximate surface area is 193 Å². The van der Waals surface area contributed by atoms with Crippen LogP contribution in [-0.2, 0) is 6.54 Å². The quantitative estimate of drug-likeness (QED) is 0.701. The van der Waals surface area contributed by atoms with Gasteiger partial charge in [0.05, 0.1) is 17.7 Å². The fraction of sp³-hybridized carbons (Fsp3) is 0.364. The number of imide groups is 1. The fourth-order valence-corrected chi connectivity index (χ4v) is 4.05. The molecule has 2 aliphatic heterocycles. The highest BCUT2D eigenvalue weighted by atomic mass is 35.5. The van der Waals surface area contributed by atoms with Gasteiger partial charge in [-0.1, -0.05) is 0 Å². The minimum Gasteiger partial charge on any atom is -0.339 e. The molecule has 1 fully saturated rings. The Bertz CT molecular complexity index is 960. The number of amides is 3. The summed E-state index contributed by atoms with van der Waals surface area (Å²) in [5.74, 6) is -0.380. The average Bonchev–Trinajstić information content (AvgIpc) is 2.98. The van der Waals surface area contributed by atoms with Crippen LogP contribution in [0.4, 0.5) is 0 Å². The molecule has 1 saturated heterocycles. The van der Waals surface area contributed by atoms with Crippen LogP contribution in [0.25, 0.3) is 0 Å². The van der Waals surface area contributed by atoms with Crippen LogP contribution in [0.3, 0.4) is 0 Å². The molecule has 9 heteroatoms. The summed E-state index contributed by atoms with van der Waals surface area (Å²) in [7, 11) is 0. The maximum atomic E-state index is 12.9. The minimum absolute atomic E-state index is 0. The van der Waals surface area contributed by atoms with Crippen molar-refractivity contribution in [2.24, 2.45) is 11.7 Å². The number of hydrogen-bond donors (Lipinski definition) is 1. The van der Waals surface area contributed by atoms with E-state index in [9.17, 15) is 14.4 Å². The van der Waals surface area contributed by atoms with Gasteiger partial charge in [-0.25, -0.2) is 0 Å². The van der Waals surface area contributed by atoms with Crippen LogP contribution in [0.2, 0.25) is 0 Å². The number of nitrogens with two attached hydrogens (primary N) is 1. The molecule has 2 aromatic rings. The number of halogens is 2. The van der Waals surface area contributed by atoms with Gasteiger partial charge in [-0.15, -0.1) is 24.8 Å². The molecular weight excluding hydrogens is 439 g/mol. The van der Waals surface area contributed by atoms with Crippen molar-refractivity contribution in [3.63, 3.8) is 0 Å². The fourth-order valence-electron chi connectivity index (χ4n) is 4.05. The Hall–Kier alpha value is -2.48. The SMILES string of the molecule is CC(N)C1CCN(C(=O)c2ccc3c(c2)C(=O)N(Cc2ccncc2)C3=O)CC1.Cl.Cl. The molecule has 7 nitrogen and oxygen atoms in total. The molecule has 0 spiro atoms. The number of carbonyl (C=O) groups is 3. The summed E-state index contributed by atoms with van der Waals surface area (Å²) < 4.78 is 0. The molecule has 2 N–H and O–H groups in total. The minimum atomic E-state index is -0.368. The number of rotatable bonds is 4. The summed E-state index contributed by atoms with van der Waals surface area (Å²) >= 11 is 0. The first-order chi connectivity index (χ1) is 14.0. The van der Waals surface area contributed by atoms with E-state index in [1.807, 2.05) is 6.92 Å². The second-order valence-electron chi connectivity index (χ2n) is 7.80. The Balaban J connectivity index is 0.00000171. The normalized spacial score (nSPS) is 17.0. The van der Waals surface area contributed by atoms with E-state index in [1.54, 1.807) is 47.6 Å². The Morgan fingerprint density at radius 2 is 1.68 bits per heavy atom. The van der Waals surface area contributed by atoms with Crippen molar-refractivity contribution in [3.05, 3.63) is 65.0 Å². The molecule has 1 atom stereocenters. The molecule has 3 amide bonds. The summed E-state index contributed by atoms with van der Waals surface area (Å²) in [6, 6.07) is 8.45. The lowest BCUT2D eigenvalue weighted by atomic mass is 9.90. The lowest BCUT2D eigenvalue weighted by molar-refractivity contribution is 0.0641. The molecule has 0 aliphatic carbocycles. The molecule has 1 aromatic carbocycles. The zero-order valence-electron chi connectivity index (χ0n) is 17.2. The van der Waals surface area contributed by atoms with E-state index in [2.05, 4.69) is 4.98 Å². The molecule has 3 heterocycles. The molecule has 1 aromatic heterocycles. The first kappa shape index (κ1) is 24.8. The van der Waals surface area contributed by atoms with Gasteiger partial charge in [0.15, 0.2) is 0 Å². The molecule has 166 valence electrons. The van der Waals surface area contributed by atoms with Crippen molar-refractivity contribution in [3.8, 4) is 0 Å². The van der Waals surface area contributed by atoms with Gasteiger partial charge in [-0.2, -0.15) is 0 Å². The van der Waals surface area contributed by atoms with Gasteiger partial charge in [0, 0.05) is 37.1 Å². The van der Waals surface area contributed by atoms with Crippen molar-refractivity contribution in [1.29, 1.82) is 0 Å². The largest absolute Gasteiger partial charge is 0.339 e. The van der Waals surface area contributed by atoms with Crippen LogP contribution in [0.5, 0.6) is 0 Å². The molecule has 0 saturated carbocycles. The number of likely N-dealkylation sites (tertiary alicyclic amines) is 1. The van der Waals surface area contributed by atoms with Crippen molar-refractivity contribution in [2.75, 3.05) is 13.1 Å². The van der Waals surface area contributed by atoms with E-state index in [0.717, 1.165) is 18.4 Å². The van der Waals surface area contributed by atoms with Gasteiger partial charge < -0.3 is 10.6 Å². The van der Waals surface area contributed by atoms with E-state index in [1.165, 1.54) is 4.90 Å². The first-order valence-electron chi connectivity index (χ1n) is 9.89. The number of nitrogens with zero attached hydrogens (tertiary/aromatic N) is 3. The van der Waals surface area contributed by atoms with Crippen LogP contribution < -0.4 is 5.73 Å². The van der Waals surface area contributed by atoms with E-state index in [-0.39, 0.29) is 55.1 Å². The lowest BCUT2D eigenvalue weighted by Gasteiger charge is -2.33. The zero-order chi connectivity index (χ0) is 20.5. The maximum absolute atomic E-state index is 12.9. The number of aromatic nitrogens is 1. The number of hydrogen-bond acceptors (Lipinski definition) is 5. The molecule has 0 bridgehead atoms. The van der Waals surface area contributed by atoms with Gasteiger partial charge >= 0.3 is 0 Å². The van der Waals surface area contributed by atoms with Crippen LogP contribution in [0, 0.1) is 5.92 Å². The number of piperidine rings is 1. The topological polar surface area (TPSA) is 96.6 Å². The Morgan fingerprint density at radius 3 is 2.29 bits per heavy atom. The summed E-state index contributed by atoms with van der Waals surface area (Å²) in [6.07, 6.45) is 5.01. The lowest BCUT2D eigenvalue weighted by Crippen LogP contribution is -2.42. The third kappa shape index (κ3) is 4.89. The summed E-state index contributed by atoms with van der Waals surface area (Å²) in [5, 5.41) is 0. The van der Waals surface area contributed by atoms with Gasteiger partial charge in [0.25, 0.3) is 17.7 Å². The van der Waals surface area contributed by atoms with E-state index in [0.29, 0.717) is 35.7 Å². The van der Waals surface area contributed by atoms with Crippen molar-refractivity contribution in [1.82, 2.24) is 14.8 Å². The number of carbonyl (C=O) groups excluding carboxylic acids is 3. The Kier molecular flexibility index (Phi) is 8.17.